The largest absolute Gasteiger partial charge is 0.495 e. The number of anilines is 1. The van der Waals surface area contributed by atoms with E-state index in [-0.39, 0.29) is 18.2 Å². The van der Waals surface area contributed by atoms with Crippen molar-refractivity contribution in [2.75, 3.05) is 33.5 Å². The first-order chi connectivity index (χ1) is 9.01. The lowest BCUT2D eigenvalue weighted by Crippen LogP contribution is -2.31. The van der Waals surface area contributed by atoms with Gasteiger partial charge in [-0.25, -0.2) is 0 Å². The van der Waals surface area contributed by atoms with Crippen molar-refractivity contribution in [2.45, 2.75) is 6.42 Å². The van der Waals surface area contributed by atoms with Crippen LogP contribution in [0.15, 0.2) is 18.2 Å². The molecule has 1 aromatic rings. The number of rotatable bonds is 5. The zero-order valence-electron chi connectivity index (χ0n) is 11.4. The normalized spacial score (nSPS) is 9.84. The molecule has 104 valence electrons. The van der Waals surface area contributed by atoms with E-state index in [1.54, 1.807) is 32.3 Å². The van der Waals surface area contributed by atoms with Gasteiger partial charge in [-0.3, -0.25) is 9.59 Å². The minimum Gasteiger partial charge on any atom is -0.495 e. The average molecular weight is 265 g/mol. The van der Waals surface area contributed by atoms with Crippen LogP contribution in [0.2, 0.25) is 0 Å². The summed E-state index contributed by atoms with van der Waals surface area (Å²) in [7, 11) is 4.68. The highest BCUT2D eigenvalue weighted by Gasteiger charge is 2.17. The van der Waals surface area contributed by atoms with Crippen LogP contribution in [0.4, 0.5) is 5.69 Å². The third kappa shape index (κ3) is 3.61. The molecule has 0 aromatic heterocycles. The first kappa shape index (κ1) is 14.8. The van der Waals surface area contributed by atoms with Crippen molar-refractivity contribution < 1.29 is 14.3 Å². The summed E-state index contributed by atoms with van der Waals surface area (Å²) in [5.41, 5.74) is 6.54. The number of nitrogens with one attached hydrogen (secondary N) is 1. The van der Waals surface area contributed by atoms with Gasteiger partial charge in [0.1, 0.15) is 5.75 Å². The standard InChI is InChI=1S/C13H19N3O3/c1-15-11(17)7-8-16(2)13(18)9-5-4-6-10(19-3)12(9)14/h4-6H,7-8,14H2,1-3H3,(H,15,17). The number of carbonyl (C=O) groups is 2. The molecule has 0 atom stereocenters. The molecular formula is C13H19N3O3. The summed E-state index contributed by atoms with van der Waals surface area (Å²) in [5, 5.41) is 2.51. The van der Waals surface area contributed by atoms with Gasteiger partial charge in [-0.15, -0.1) is 0 Å². The lowest BCUT2D eigenvalue weighted by Gasteiger charge is -2.18. The Bertz CT molecular complexity index is 474. The van der Waals surface area contributed by atoms with Crippen LogP contribution in [0, 0.1) is 0 Å². The van der Waals surface area contributed by atoms with Crippen molar-refractivity contribution in [3.05, 3.63) is 23.8 Å². The van der Waals surface area contributed by atoms with Gasteiger partial charge in [0.25, 0.3) is 5.91 Å². The highest BCUT2D eigenvalue weighted by Crippen LogP contribution is 2.25. The maximum atomic E-state index is 12.2. The second kappa shape index (κ2) is 6.63. The fourth-order valence-corrected chi connectivity index (χ4v) is 1.61. The minimum absolute atomic E-state index is 0.113. The fraction of sp³-hybridized carbons (Fsp3) is 0.385. The Kier molecular flexibility index (Phi) is 5.17. The van der Waals surface area contributed by atoms with Crippen molar-refractivity contribution in [2.24, 2.45) is 0 Å². The SMILES string of the molecule is CNC(=O)CCN(C)C(=O)c1cccc(OC)c1N. The van der Waals surface area contributed by atoms with E-state index in [1.165, 1.54) is 12.0 Å². The summed E-state index contributed by atoms with van der Waals surface area (Å²) in [4.78, 5) is 24.8. The topological polar surface area (TPSA) is 84.7 Å². The molecule has 6 nitrogen and oxygen atoms in total. The smallest absolute Gasteiger partial charge is 0.255 e. The van der Waals surface area contributed by atoms with E-state index in [0.717, 1.165) is 0 Å². The number of para-hydroxylation sites is 1. The van der Waals surface area contributed by atoms with Gasteiger partial charge < -0.3 is 20.7 Å². The van der Waals surface area contributed by atoms with Crippen LogP contribution in [-0.2, 0) is 4.79 Å². The van der Waals surface area contributed by atoms with Crippen molar-refractivity contribution in [3.63, 3.8) is 0 Å². The Morgan fingerprint density at radius 1 is 1.42 bits per heavy atom. The lowest BCUT2D eigenvalue weighted by molar-refractivity contribution is -0.120. The van der Waals surface area contributed by atoms with Gasteiger partial charge in [-0.2, -0.15) is 0 Å². The molecule has 0 aliphatic heterocycles. The number of nitrogens with two attached hydrogens (primary N) is 1. The molecule has 2 amide bonds. The van der Waals surface area contributed by atoms with Crippen LogP contribution < -0.4 is 15.8 Å². The molecule has 0 saturated heterocycles. The van der Waals surface area contributed by atoms with E-state index < -0.39 is 0 Å². The van der Waals surface area contributed by atoms with Crippen LogP contribution in [-0.4, -0.2) is 44.5 Å². The molecule has 0 bridgehead atoms. The van der Waals surface area contributed by atoms with Crippen LogP contribution in [0.3, 0.4) is 0 Å². The summed E-state index contributed by atoms with van der Waals surface area (Å²) < 4.78 is 5.07. The molecule has 0 radical (unpaired) electrons. The molecule has 1 aromatic carbocycles. The Hall–Kier alpha value is -2.24. The van der Waals surface area contributed by atoms with Crippen molar-refractivity contribution in [3.8, 4) is 5.75 Å². The molecule has 19 heavy (non-hydrogen) atoms. The van der Waals surface area contributed by atoms with Gasteiger partial charge in [-0.1, -0.05) is 6.07 Å². The van der Waals surface area contributed by atoms with Gasteiger partial charge in [0, 0.05) is 27.1 Å². The average Bonchev–Trinajstić information content (AvgIpc) is 2.43. The third-order valence-electron chi connectivity index (χ3n) is 2.82. The first-order valence-electron chi connectivity index (χ1n) is 5.89. The van der Waals surface area contributed by atoms with Crippen LogP contribution >= 0.6 is 0 Å². The highest BCUT2D eigenvalue weighted by atomic mass is 16.5. The van der Waals surface area contributed by atoms with Gasteiger partial charge in [-0.05, 0) is 12.1 Å². The molecule has 0 spiro atoms. The zero-order chi connectivity index (χ0) is 14.4. The minimum atomic E-state index is -0.236. The monoisotopic (exact) mass is 265 g/mol. The van der Waals surface area contributed by atoms with Crippen LogP contribution in [0.5, 0.6) is 5.75 Å². The maximum Gasteiger partial charge on any atom is 0.255 e. The summed E-state index contributed by atoms with van der Waals surface area (Å²) in [6.07, 6.45) is 0.253. The number of methoxy groups -OCH3 is 1. The van der Waals surface area contributed by atoms with E-state index in [1.807, 2.05) is 0 Å². The molecule has 6 heteroatoms. The first-order valence-corrected chi connectivity index (χ1v) is 5.89. The predicted molar refractivity (Wildman–Crippen MR) is 73.1 cm³/mol. The molecule has 0 heterocycles. The number of ether oxygens (including phenoxy) is 1. The number of hydrogen-bond donors (Lipinski definition) is 2. The second-order valence-corrected chi connectivity index (χ2v) is 4.07. The Morgan fingerprint density at radius 2 is 2.11 bits per heavy atom. The van der Waals surface area contributed by atoms with Gasteiger partial charge in [0.05, 0.1) is 18.4 Å². The van der Waals surface area contributed by atoms with E-state index in [2.05, 4.69) is 5.32 Å². The molecule has 0 fully saturated rings. The molecule has 0 saturated carbocycles. The highest BCUT2D eigenvalue weighted by molar-refractivity contribution is 6.00. The van der Waals surface area contributed by atoms with Crippen LogP contribution in [0.25, 0.3) is 0 Å². The zero-order valence-corrected chi connectivity index (χ0v) is 11.4. The second-order valence-electron chi connectivity index (χ2n) is 4.07. The van der Waals surface area contributed by atoms with Gasteiger partial charge >= 0.3 is 0 Å². The Labute approximate surface area is 112 Å². The molecule has 0 unspecified atom stereocenters. The van der Waals surface area contributed by atoms with Crippen molar-refractivity contribution >= 4 is 17.5 Å². The summed E-state index contributed by atoms with van der Waals surface area (Å²) >= 11 is 0. The molecule has 1 rings (SSSR count). The third-order valence-corrected chi connectivity index (χ3v) is 2.82. The lowest BCUT2D eigenvalue weighted by atomic mass is 10.1. The summed E-state index contributed by atoms with van der Waals surface area (Å²) in [6, 6.07) is 5.03. The summed E-state index contributed by atoms with van der Waals surface area (Å²) in [6.45, 7) is 0.329. The van der Waals surface area contributed by atoms with Crippen molar-refractivity contribution in [1.29, 1.82) is 0 Å². The quantitative estimate of drug-likeness (QED) is 0.759. The van der Waals surface area contributed by atoms with E-state index in [9.17, 15) is 9.59 Å². The van der Waals surface area contributed by atoms with Crippen molar-refractivity contribution in [1.82, 2.24) is 10.2 Å². The number of nitrogen functional groups attached to an aromatic ring is 1. The van der Waals surface area contributed by atoms with Gasteiger partial charge in [0.15, 0.2) is 0 Å². The number of amides is 2. The predicted octanol–water partition coefficient (Wildman–Crippen LogP) is 0.485. The maximum absolute atomic E-state index is 12.2. The van der Waals surface area contributed by atoms with Gasteiger partial charge in [0.2, 0.25) is 5.91 Å². The van der Waals surface area contributed by atoms with E-state index >= 15 is 0 Å². The number of hydrogen-bond acceptors (Lipinski definition) is 4. The Morgan fingerprint density at radius 3 is 2.68 bits per heavy atom. The number of nitrogens with zero attached hydrogens (tertiary/aromatic N) is 1. The molecular weight excluding hydrogens is 246 g/mol. The van der Waals surface area contributed by atoms with E-state index in [0.29, 0.717) is 23.5 Å². The number of carbonyl (C=O) groups excluding carboxylic acids is 2. The summed E-state index contributed by atoms with van der Waals surface area (Å²) in [5.74, 6) is 0.115. The molecule has 3 N–H and O–H groups in total. The number of benzene rings is 1. The Balaban J connectivity index is 2.80. The molecule has 0 aliphatic carbocycles. The van der Waals surface area contributed by atoms with E-state index in [4.69, 9.17) is 10.5 Å². The fourth-order valence-electron chi connectivity index (χ4n) is 1.61. The molecule has 0 aliphatic rings. The van der Waals surface area contributed by atoms with Crippen LogP contribution in [0.1, 0.15) is 16.8 Å².